The van der Waals surface area contributed by atoms with E-state index in [1.165, 1.54) is 17.0 Å². The second kappa shape index (κ2) is 6.60. The maximum Gasteiger partial charge on any atom is 0.416 e. The Morgan fingerprint density at radius 3 is 2.31 bits per heavy atom. The van der Waals surface area contributed by atoms with Crippen LogP contribution < -0.4 is 4.90 Å². The third-order valence-corrected chi connectivity index (χ3v) is 5.31. The summed E-state index contributed by atoms with van der Waals surface area (Å²) in [7, 11) is -3.45. The molecule has 8 heteroatoms. The van der Waals surface area contributed by atoms with Gasteiger partial charge in [0.2, 0.25) is 0 Å². The van der Waals surface area contributed by atoms with Crippen molar-refractivity contribution in [3.8, 4) is 0 Å². The van der Waals surface area contributed by atoms with Crippen molar-refractivity contribution in [3.05, 3.63) is 77.2 Å². The Balaban J connectivity index is 2.03. The van der Waals surface area contributed by atoms with Crippen LogP contribution in [-0.2, 0) is 16.0 Å². The Bertz CT molecular complexity index is 953. The summed E-state index contributed by atoms with van der Waals surface area (Å²) in [5.74, 6) is -1.01. The molecule has 0 fully saturated rings. The SMILES string of the molecule is O=C(c1cccc(C(F)(F)F)c1)N(c1ccccc1)[C@H]1C=CS(=O)(=O)C1. The molecule has 0 radical (unpaired) electrons. The van der Waals surface area contributed by atoms with Crippen LogP contribution >= 0.6 is 0 Å². The number of alkyl halides is 3. The molecule has 1 aliphatic heterocycles. The molecule has 1 heterocycles. The topological polar surface area (TPSA) is 54.5 Å². The fourth-order valence-corrected chi connectivity index (χ4v) is 4.00. The van der Waals surface area contributed by atoms with Gasteiger partial charge in [0.05, 0.1) is 17.4 Å². The zero-order valence-corrected chi connectivity index (χ0v) is 14.2. The van der Waals surface area contributed by atoms with E-state index in [1.54, 1.807) is 30.3 Å². The van der Waals surface area contributed by atoms with Crippen LogP contribution in [-0.4, -0.2) is 26.1 Å². The summed E-state index contributed by atoms with van der Waals surface area (Å²) in [5, 5.41) is 1.02. The van der Waals surface area contributed by atoms with Crippen molar-refractivity contribution in [1.82, 2.24) is 0 Å². The normalized spacial score (nSPS) is 18.7. The number of rotatable bonds is 3. The third-order valence-electron chi connectivity index (χ3n) is 3.93. The molecule has 2 aromatic rings. The fourth-order valence-electron chi connectivity index (χ4n) is 2.74. The average Bonchev–Trinajstić information content (AvgIpc) is 2.95. The first-order chi connectivity index (χ1) is 12.2. The van der Waals surface area contributed by atoms with Gasteiger partial charge >= 0.3 is 6.18 Å². The van der Waals surface area contributed by atoms with Crippen LogP contribution in [0.25, 0.3) is 0 Å². The molecule has 0 N–H and O–H groups in total. The second-order valence-corrected chi connectivity index (χ2v) is 7.75. The highest BCUT2D eigenvalue weighted by Crippen LogP contribution is 2.31. The maximum atomic E-state index is 13.0. The molecule has 1 atom stereocenters. The van der Waals surface area contributed by atoms with Crippen LogP contribution in [0.3, 0.4) is 0 Å². The van der Waals surface area contributed by atoms with Crippen molar-refractivity contribution in [2.75, 3.05) is 10.7 Å². The van der Waals surface area contributed by atoms with E-state index in [0.29, 0.717) is 5.69 Å². The van der Waals surface area contributed by atoms with E-state index in [2.05, 4.69) is 0 Å². The molecular formula is C18H14F3NO3S. The van der Waals surface area contributed by atoms with Crippen molar-refractivity contribution in [2.24, 2.45) is 0 Å². The highest BCUT2D eigenvalue weighted by atomic mass is 32.2. The predicted octanol–water partition coefficient (Wildman–Crippen LogP) is 3.66. The van der Waals surface area contributed by atoms with Gasteiger partial charge in [-0.25, -0.2) is 8.42 Å². The number of benzene rings is 2. The van der Waals surface area contributed by atoms with Crippen LogP contribution in [0.15, 0.2) is 66.1 Å². The van der Waals surface area contributed by atoms with E-state index in [1.807, 2.05) is 0 Å². The molecule has 1 amide bonds. The summed E-state index contributed by atoms with van der Waals surface area (Å²) >= 11 is 0. The summed E-state index contributed by atoms with van der Waals surface area (Å²) in [4.78, 5) is 14.2. The molecule has 0 unspecified atom stereocenters. The average molecular weight is 381 g/mol. The molecule has 0 spiro atoms. The lowest BCUT2D eigenvalue weighted by atomic mass is 10.1. The highest BCUT2D eigenvalue weighted by molar-refractivity contribution is 7.94. The Morgan fingerprint density at radius 2 is 1.73 bits per heavy atom. The quantitative estimate of drug-likeness (QED) is 0.815. The molecule has 3 rings (SSSR count). The minimum Gasteiger partial charge on any atom is -0.300 e. The Kier molecular flexibility index (Phi) is 4.62. The molecule has 0 aliphatic carbocycles. The monoisotopic (exact) mass is 381 g/mol. The molecule has 136 valence electrons. The number of para-hydroxylation sites is 1. The molecule has 0 saturated heterocycles. The lowest BCUT2D eigenvalue weighted by molar-refractivity contribution is -0.137. The van der Waals surface area contributed by atoms with Crippen LogP contribution in [0.5, 0.6) is 0 Å². The van der Waals surface area contributed by atoms with Gasteiger partial charge in [0.1, 0.15) is 0 Å². The summed E-state index contributed by atoms with van der Waals surface area (Å²) in [6.45, 7) is 0. The zero-order chi connectivity index (χ0) is 18.9. The lowest BCUT2D eigenvalue weighted by Crippen LogP contribution is -2.41. The summed E-state index contributed by atoms with van der Waals surface area (Å²) in [6.07, 6.45) is -3.21. The van der Waals surface area contributed by atoms with E-state index in [9.17, 15) is 26.4 Å². The van der Waals surface area contributed by atoms with Gasteiger partial charge in [-0.3, -0.25) is 4.79 Å². The molecule has 4 nitrogen and oxygen atoms in total. The van der Waals surface area contributed by atoms with Crippen LogP contribution in [0.1, 0.15) is 15.9 Å². The number of carbonyl (C=O) groups excluding carboxylic acids is 1. The van der Waals surface area contributed by atoms with E-state index >= 15 is 0 Å². The minimum atomic E-state index is -4.58. The first-order valence-corrected chi connectivity index (χ1v) is 9.36. The van der Waals surface area contributed by atoms with Crippen molar-refractivity contribution in [3.63, 3.8) is 0 Å². The Hall–Kier alpha value is -2.61. The van der Waals surface area contributed by atoms with E-state index < -0.39 is 33.5 Å². The molecular weight excluding hydrogens is 367 g/mol. The van der Waals surface area contributed by atoms with Crippen molar-refractivity contribution < 1.29 is 26.4 Å². The van der Waals surface area contributed by atoms with Crippen molar-refractivity contribution in [1.29, 1.82) is 0 Å². The first-order valence-electron chi connectivity index (χ1n) is 7.64. The smallest absolute Gasteiger partial charge is 0.300 e. The predicted molar refractivity (Wildman–Crippen MR) is 91.4 cm³/mol. The number of carbonyl (C=O) groups is 1. The Labute approximate surface area is 148 Å². The number of halogens is 3. The largest absolute Gasteiger partial charge is 0.416 e. The van der Waals surface area contributed by atoms with Crippen LogP contribution in [0.2, 0.25) is 0 Å². The highest BCUT2D eigenvalue weighted by Gasteiger charge is 2.34. The standard InChI is InChI=1S/C18H14F3NO3S/c19-18(20,21)14-6-4-5-13(11-14)17(23)22(15-7-2-1-3-8-15)16-9-10-26(24,25)12-16/h1-11,16H,12H2/t16-/m0/s1. The first kappa shape index (κ1) is 18.2. The number of hydrogen-bond donors (Lipinski definition) is 0. The van der Waals surface area contributed by atoms with Crippen molar-refractivity contribution >= 4 is 21.4 Å². The van der Waals surface area contributed by atoms with E-state index in [4.69, 9.17) is 0 Å². The lowest BCUT2D eigenvalue weighted by Gasteiger charge is -2.28. The van der Waals surface area contributed by atoms with E-state index in [-0.39, 0.29) is 11.3 Å². The number of nitrogens with zero attached hydrogens (tertiary/aromatic N) is 1. The van der Waals surface area contributed by atoms with Gasteiger partial charge in [0.15, 0.2) is 9.84 Å². The summed E-state index contributed by atoms with van der Waals surface area (Å²) in [6, 6.07) is 11.5. The molecule has 0 bridgehead atoms. The van der Waals surface area contributed by atoms with Gasteiger partial charge in [0.25, 0.3) is 5.91 Å². The van der Waals surface area contributed by atoms with Gasteiger partial charge in [-0.15, -0.1) is 0 Å². The van der Waals surface area contributed by atoms with Crippen molar-refractivity contribution in [2.45, 2.75) is 12.2 Å². The van der Waals surface area contributed by atoms with Gasteiger partial charge < -0.3 is 4.90 Å². The maximum absolute atomic E-state index is 13.0. The van der Waals surface area contributed by atoms with Gasteiger partial charge in [-0.2, -0.15) is 13.2 Å². The van der Waals surface area contributed by atoms with Gasteiger partial charge in [-0.05, 0) is 36.4 Å². The zero-order valence-electron chi connectivity index (χ0n) is 13.3. The number of amides is 1. The summed E-state index contributed by atoms with van der Waals surface area (Å²) < 4.78 is 62.3. The number of anilines is 1. The molecule has 0 aromatic heterocycles. The number of sulfone groups is 1. The third kappa shape index (κ3) is 3.80. The fraction of sp³-hybridized carbons (Fsp3) is 0.167. The molecule has 26 heavy (non-hydrogen) atoms. The molecule has 1 aliphatic rings. The number of hydrogen-bond acceptors (Lipinski definition) is 3. The minimum absolute atomic E-state index is 0.165. The van der Waals surface area contributed by atoms with E-state index in [0.717, 1.165) is 23.6 Å². The summed E-state index contributed by atoms with van der Waals surface area (Å²) in [5.41, 5.74) is -0.700. The van der Waals surface area contributed by atoms with Crippen LogP contribution in [0.4, 0.5) is 18.9 Å². The molecule has 0 saturated carbocycles. The second-order valence-electron chi connectivity index (χ2n) is 5.81. The Morgan fingerprint density at radius 1 is 1.04 bits per heavy atom. The molecule has 2 aromatic carbocycles. The van der Waals surface area contributed by atoms with Crippen LogP contribution in [0, 0.1) is 0 Å². The van der Waals surface area contributed by atoms with Gasteiger partial charge in [0, 0.05) is 16.7 Å². The van der Waals surface area contributed by atoms with Gasteiger partial charge in [-0.1, -0.05) is 24.3 Å².